The molecule has 0 radical (unpaired) electrons. The fraction of sp³-hybridized carbons (Fsp3) is 0.333. The highest BCUT2D eigenvalue weighted by Crippen LogP contribution is 2.29. The van der Waals surface area contributed by atoms with Crippen LogP contribution in [-0.2, 0) is 11.3 Å². The van der Waals surface area contributed by atoms with Gasteiger partial charge in [-0.2, -0.15) is 5.10 Å². The van der Waals surface area contributed by atoms with Crippen molar-refractivity contribution >= 4 is 33.1 Å². The van der Waals surface area contributed by atoms with Crippen LogP contribution in [0.4, 0.5) is 11.6 Å². The Bertz CT molecular complexity index is 1130. The van der Waals surface area contributed by atoms with E-state index in [1.807, 2.05) is 47.5 Å². The van der Waals surface area contributed by atoms with E-state index in [0.717, 1.165) is 42.7 Å². The Balaban J connectivity index is 1.38. The van der Waals surface area contributed by atoms with Crippen LogP contribution in [0, 0.1) is 0 Å². The summed E-state index contributed by atoms with van der Waals surface area (Å²) >= 11 is 1.75. The molecule has 0 unspecified atom stereocenters. The maximum Gasteiger partial charge on any atom is 0.172 e. The van der Waals surface area contributed by atoms with Crippen molar-refractivity contribution in [2.75, 3.05) is 30.9 Å². The number of ether oxygens (including phenoxy) is 1. The summed E-state index contributed by atoms with van der Waals surface area (Å²) in [6.45, 7) is 2.26. The predicted octanol–water partition coefficient (Wildman–Crippen LogP) is 3.52. The number of aromatic nitrogens is 5. The van der Waals surface area contributed by atoms with Gasteiger partial charge in [-0.15, -0.1) is 11.3 Å². The molecule has 0 aromatic carbocycles. The van der Waals surface area contributed by atoms with Gasteiger partial charge in [0.05, 0.1) is 30.7 Å². The van der Waals surface area contributed by atoms with Gasteiger partial charge >= 0.3 is 0 Å². The Hall–Kier alpha value is -3.04. The number of nitrogens with two attached hydrogens (primary N) is 1. The van der Waals surface area contributed by atoms with Crippen LogP contribution >= 0.6 is 11.3 Å². The normalized spacial score (nSPS) is 15.0. The molecule has 4 aromatic heterocycles. The number of thiophene rings is 1. The number of nitrogens with zero attached hydrogens (tertiary/aromatic N) is 6. The van der Waals surface area contributed by atoms with E-state index in [0.29, 0.717) is 24.2 Å². The highest BCUT2D eigenvalue weighted by molar-refractivity contribution is 7.19. The van der Waals surface area contributed by atoms with Crippen LogP contribution in [0.1, 0.15) is 23.8 Å². The Morgan fingerprint density at radius 3 is 2.97 bits per heavy atom. The second-order valence-corrected chi connectivity index (χ2v) is 8.67. The molecular weight excluding hydrogens is 398 g/mol. The van der Waals surface area contributed by atoms with Gasteiger partial charge < -0.3 is 15.4 Å². The molecule has 0 saturated carbocycles. The summed E-state index contributed by atoms with van der Waals surface area (Å²) in [6.07, 6.45) is 11.3. The minimum Gasteiger partial charge on any atom is -0.381 e. The van der Waals surface area contributed by atoms with Gasteiger partial charge in [-0.1, -0.05) is 0 Å². The molecule has 1 saturated heterocycles. The molecule has 154 valence electrons. The lowest BCUT2D eigenvalue weighted by Crippen LogP contribution is -2.20. The SMILES string of the molecule is CN(Cc1cc2cnccc2s1)c1nc(-c2cnn(C3CCOCC3)c2)cnc1N. The van der Waals surface area contributed by atoms with Gasteiger partial charge in [0.15, 0.2) is 11.6 Å². The zero-order chi connectivity index (χ0) is 20.5. The standard InChI is InChI=1S/C21H23N7OS/c1-27(13-17-8-14-9-23-5-2-19(14)30-17)21-20(22)24-11-18(26-21)15-10-25-28(12-15)16-3-6-29-7-4-16/h2,5,8-12,16H,3-4,6-7,13H2,1H3,(H2,22,24). The van der Waals surface area contributed by atoms with Gasteiger partial charge in [0.25, 0.3) is 0 Å². The second-order valence-electron chi connectivity index (χ2n) is 7.50. The lowest BCUT2D eigenvalue weighted by atomic mass is 10.1. The Morgan fingerprint density at radius 2 is 2.13 bits per heavy atom. The number of hydrogen-bond donors (Lipinski definition) is 1. The average molecular weight is 422 g/mol. The number of hydrogen-bond acceptors (Lipinski definition) is 8. The van der Waals surface area contributed by atoms with Crippen molar-refractivity contribution in [1.82, 2.24) is 24.7 Å². The molecule has 1 aliphatic rings. The van der Waals surface area contributed by atoms with Gasteiger partial charge in [0, 0.05) is 59.4 Å². The second kappa shape index (κ2) is 8.00. The Labute approximate surface area is 178 Å². The lowest BCUT2D eigenvalue weighted by molar-refractivity contribution is 0.0662. The van der Waals surface area contributed by atoms with Crippen molar-refractivity contribution in [2.24, 2.45) is 0 Å². The predicted molar refractivity (Wildman–Crippen MR) is 118 cm³/mol. The van der Waals surface area contributed by atoms with E-state index in [9.17, 15) is 0 Å². The summed E-state index contributed by atoms with van der Waals surface area (Å²) in [6, 6.07) is 4.57. The van der Waals surface area contributed by atoms with Crippen LogP contribution in [0.15, 0.2) is 43.1 Å². The first-order valence-electron chi connectivity index (χ1n) is 9.96. The fourth-order valence-corrected chi connectivity index (χ4v) is 4.84. The quantitative estimate of drug-likeness (QED) is 0.527. The van der Waals surface area contributed by atoms with Crippen LogP contribution in [-0.4, -0.2) is 45.0 Å². The minimum absolute atomic E-state index is 0.374. The molecule has 0 bridgehead atoms. The summed E-state index contributed by atoms with van der Waals surface area (Å²) in [4.78, 5) is 16.6. The number of anilines is 2. The molecule has 1 aliphatic heterocycles. The molecule has 1 fully saturated rings. The highest BCUT2D eigenvalue weighted by Gasteiger charge is 2.18. The summed E-state index contributed by atoms with van der Waals surface area (Å²) < 4.78 is 8.69. The third-order valence-electron chi connectivity index (χ3n) is 5.37. The van der Waals surface area contributed by atoms with E-state index in [4.69, 9.17) is 15.5 Å². The van der Waals surface area contributed by atoms with Crippen LogP contribution in [0.25, 0.3) is 21.3 Å². The Morgan fingerprint density at radius 1 is 1.27 bits per heavy atom. The number of nitrogen functional groups attached to an aromatic ring is 1. The molecular formula is C21H23N7OS. The van der Waals surface area contributed by atoms with Crippen LogP contribution in [0.5, 0.6) is 0 Å². The minimum atomic E-state index is 0.374. The molecule has 2 N–H and O–H groups in total. The molecule has 0 atom stereocenters. The monoisotopic (exact) mass is 421 g/mol. The summed E-state index contributed by atoms with van der Waals surface area (Å²) in [5.74, 6) is 1.09. The largest absolute Gasteiger partial charge is 0.381 e. The molecule has 0 amide bonds. The fourth-order valence-electron chi connectivity index (χ4n) is 3.75. The van der Waals surface area contributed by atoms with Gasteiger partial charge in [0.1, 0.15) is 0 Å². The summed E-state index contributed by atoms with van der Waals surface area (Å²) in [7, 11) is 1.98. The van der Waals surface area contributed by atoms with E-state index in [1.165, 1.54) is 9.58 Å². The van der Waals surface area contributed by atoms with Crippen molar-refractivity contribution in [3.8, 4) is 11.3 Å². The van der Waals surface area contributed by atoms with Crippen molar-refractivity contribution < 1.29 is 4.74 Å². The van der Waals surface area contributed by atoms with E-state index >= 15 is 0 Å². The maximum atomic E-state index is 6.16. The highest BCUT2D eigenvalue weighted by atomic mass is 32.1. The van der Waals surface area contributed by atoms with Crippen molar-refractivity contribution in [3.63, 3.8) is 0 Å². The molecule has 9 heteroatoms. The van der Waals surface area contributed by atoms with E-state index < -0.39 is 0 Å². The van der Waals surface area contributed by atoms with Crippen molar-refractivity contribution in [2.45, 2.75) is 25.4 Å². The van der Waals surface area contributed by atoms with Crippen LogP contribution < -0.4 is 10.6 Å². The molecule has 5 rings (SSSR count). The van der Waals surface area contributed by atoms with Gasteiger partial charge in [-0.05, 0) is 25.0 Å². The number of rotatable bonds is 5. The topological polar surface area (TPSA) is 95.0 Å². The van der Waals surface area contributed by atoms with E-state index in [-0.39, 0.29) is 0 Å². The maximum absolute atomic E-state index is 6.16. The third kappa shape index (κ3) is 3.73. The number of pyridine rings is 1. The van der Waals surface area contributed by atoms with Gasteiger partial charge in [-0.25, -0.2) is 9.97 Å². The molecule has 0 aliphatic carbocycles. The van der Waals surface area contributed by atoms with Crippen LogP contribution in [0.3, 0.4) is 0 Å². The smallest absolute Gasteiger partial charge is 0.172 e. The summed E-state index contributed by atoms with van der Waals surface area (Å²) in [5, 5.41) is 5.70. The van der Waals surface area contributed by atoms with Crippen molar-refractivity contribution in [1.29, 1.82) is 0 Å². The van der Waals surface area contributed by atoms with Gasteiger partial charge in [0.2, 0.25) is 0 Å². The average Bonchev–Trinajstić information content (AvgIpc) is 3.41. The first-order chi connectivity index (χ1) is 14.7. The first kappa shape index (κ1) is 19.0. The molecule has 4 aromatic rings. The first-order valence-corrected chi connectivity index (χ1v) is 10.8. The van der Waals surface area contributed by atoms with E-state index in [2.05, 4.69) is 21.1 Å². The third-order valence-corrected chi connectivity index (χ3v) is 6.47. The van der Waals surface area contributed by atoms with Crippen molar-refractivity contribution in [3.05, 3.63) is 48.0 Å². The van der Waals surface area contributed by atoms with Crippen LogP contribution in [0.2, 0.25) is 0 Å². The lowest BCUT2D eigenvalue weighted by Gasteiger charge is -2.22. The molecule has 8 nitrogen and oxygen atoms in total. The van der Waals surface area contributed by atoms with E-state index in [1.54, 1.807) is 17.5 Å². The zero-order valence-electron chi connectivity index (χ0n) is 16.7. The number of fused-ring (bicyclic) bond motifs is 1. The molecule has 0 spiro atoms. The zero-order valence-corrected chi connectivity index (χ0v) is 17.5. The molecule has 30 heavy (non-hydrogen) atoms. The molecule has 5 heterocycles. The Kier molecular flexibility index (Phi) is 5.06. The summed E-state index contributed by atoms with van der Waals surface area (Å²) in [5.41, 5.74) is 7.87. The van der Waals surface area contributed by atoms with Gasteiger partial charge in [-0.3, -0.25) is 9.67 Å².